The van der Waals surface area contributed by atoms with E-state index in [4.69, 9.17) is 5.10 Å². The number of hydrogen-bond donors (Lipinski definition) is 1. The van der Waals surface area contributed by atoms with E-state index in [1.54, 1.807) is 0 Å². The molecule has 29 heavy (non-hydrogen) atoms. The van der Waals surface area contributed by atoms with E-state index in [9.17, 15) is 4.79 Å². The number of nitrogens with zero attached hydrogens (tertiary/aromatic N) is 2. The lowest BCUT2D eigenvalue weighted by molar-refractivity contribution is 0.0886. The van der Waals surface area contributed by atoms with Crippen molar-refractivity contribution in [3.8, 4) is 0 Å². The molecule has 0 saturated heterocycles. The smallest absolute Gasteiger partial charge is 0.169 e. The molecule has 0 fully saturated rings. The quantitative estimate of drug-likeness (QED) is 0.508. The van der Waals surface area contributed by atoms with E-state index in [1.807, 2.05) is 17.7 Å². The second-order valence-electron chi connectivity index (χ2n) is 9.40. The lowest BCUT2D eigenvalue weighted by Crippen LogP contribution is -2.38. The highest BCUT2D eigenvalue weighted by Crippen LogP contribution is 2.43. The number of carbonyl (C=O) groups is 1. The molecule has 2 heterocycles. The van der Waals surface area contributed by atoms with Gasteiger partial charge in [0.05, 0.1) is 22.8 Å². The fourth-order valence-corrected chi connectivity index (χ4v) is 5.02. The molecule has 4 nitrogen and oxygen atoms in total. The van der Waals surface area contributed by atoms with E-state index < -0.39 is 0 Å². The molecule has 158 valence electrons. The maximum absolute atomic E-state index is 13.6. The number of fused-ring (bicyclic) bond motifs is 1. The molecule has 1 aliphatic heterocycles. The molecule has 2 aromatic rings. The van der Waals surface area contributed by atoms with Gasteiger partial charge in [0.2, 0.25) is 0 Å². The van der Waals surface area contributed by atoms with Gasteiger partial charge in [-0.15, -0.1) is 0 Å². The Hall–Kier alpha value is -2.10. The van der Waals surface area contributed by atoms with Gasteiger partial charge >= 0.3 is 0 Å². The number of aromatic nitrogens is 2. The van der Waals surface area contributed by atoms with Crippen LogP contribution in [-0.4, -0.2) is 15.6 Å². The number of nitrogens with one attached hydrogen (secondary N) is 1. The van der Waals surface area contributed by atoms with E-state index >= 15 is 0 Å². The topological polar surface area (TPSA) is 46.9 Å². The van der Waals surface area contributed by atoms with Crippen LogP contribution < -0.4 is 5.32 Å². The standard InChI is InChI=1S/C25H37N3O/c1-7-15-25(8-2,9-3)17-21(29)22-18(4)27-28-23(22)26-20(16-24(28,5)6)19-13-11-10-12-14-19/h10-14,20,26H,7-9,15-17H2,1-6H3. The number of Topliss-reactive ketones (excluding diaryl/α,β-unsaturated/α-hetero) is 1. The molecule has 1 aromatic carbocycles. The van der Waals surface area contributed by atoms with Gasteiger partial charge in [0.1, 0.15) is 5.82 Å². The Morgan fingerprint density at radius 2 is 1.86 bits per heavy atom. The van der Waals surface area contributed by atoms with Gasteiger partial charge < -0.3 is 5.32 Å². The third-order valence-corrected chi connectivity index (χ3v) is 6.95. The first kappa shape index (κ1) is 21.6. The van der Waals surface area contributed by atoms with Crippen molar-refractivity contribution in [2.75, 3.05) is 5.32 Å². The van der Waals surface area contributed by atoms with Crippen LogP contribution in [0.1, 0.15) is 101 Å². The zero-order valence-electron chi connectivity index (χ0n) is 19.0. The Morgan fingerprint density at radius 3 is 2.45 bits per heavy atom. The number of benzene rings is 1. The summed E-state index contributed by atoms with van der Waals surface area (Å²) in [5, 5.41) is 8.49. The van der Waals surface area contributed by atoms with Crippen molar-refractivity contribution in [3.05, 3.63) is 47.2 Å². The summed E-state index contributed by atoms with van der Waals surface area (Å²) in [5.41, 5.74) is 2.83. The molecular weight excluding hydrogens is 358 g/mol. The van der Waals surface area contributed by atoms with Gasteiger partial charge in [0.15, 0.2) is 5.78 Å². The first-order chi connectivity index (χ1) is 13.8. The van der Waals surface area contributed by atoms with Crippen molar-refractivity contribution in [2.45, 2.75) is 91.6 Å². The minimum atomic E-state index is -0.152. The number of carbonyl (C=O) groups excluding carboxylic acids is 1. The number of anilines is 1. The highest BCUT2D eigenvalue weighted by Gasteiger charge is 2.39. The van der Waals surface area contributed by atoms with Crippen molar-refractivity contribution in [2.24, 2.45) is 5.41 Å². The summed E-state index contributed by atoms with van der Waals surface area (Å²) in [6.07, 6.45) is 5.82. The van der Waals surface area contributed by atoms with Crippen LogP contribution in [0.15, 0.2) is 30.3 Å². The zero-order chi connectivity index (χ0) is 21.2. The number of aryl methyl sites for hydroxylation is 1. The largest absolute Gasteiger partial charge is 0.363 e. The summed E-state index contributed by atoms with van der Waals surface area (Å²) in [6, 6.07) is 10.7. The maximum Gasteiger partial charge on any atom is 0.169 e. The van der Waals surface area contributed by atoms with Gasteiger partial charge in [-0.05, 0) is 44.6 Å². The molecule has 1 atom stereocenters. The SMILES string of the molecule is CCCC(CC)(CC)CC(=O)c1c(C)nn2c1NC(c1ccccc1)CC2(C)C. The van der Waals surface area contributed by atoms with Crippen LogP contribution in [-0.2, 0) is 5.54 Å². The molecular formula is C25H37N3O. The van der Waals surface area contributed by atoms with Crippen molar-refractivity contribution in [1.29, 1.82) is 0 Å². The molecule has 1 N–H and O–H groups in total. The van der Waals surface area contributed by atoms with Gasteiger partial charge in [0, 0.05) is 6.42 Å². The molecule has 1 unspecified atom stereocenters. The molecule has 1 aromatic heterocycles. The minimum absolute atomic E-state index is 0.0934. The molecule has 0 radical (unpaired) electrons. The molecule has 1 aliphatic rings. The molecule has 0 bridgehead atoms. The van der Waals surface area contributed by atoms with Crippen molar-refractivity contribution in [1.82, 2.24) is 9.78 Å². The van der Waals surface area contributed by atoms with Gasteiger partial charge in [0.25, 0.3) is 0 Å². The first-order valence-corrected chi connectivity index (χ1v) is 11.2. The number of ketones is 1. The average Bonchev–Trinajstić information content (AvgIpc) is 3.05. The Kier molecular flexibility index (Phi) is 6.21. The Morgan fingerprint density at radius 1 is 1.21 bits per heavy atom. The fraction of sp³-hybridized carbons (Fsp3) is 0.600. The van der Waals surface area contributed by atoms with Gasteiger partial charge in [-0.25, -0.2) is 4.68 Å². The zero-order valence-corrected chi connectivity index (χ0v) is 19.0. The Labute approximate surface area is 176 Å². The summed E-state index contributed by atoms with van der Waals surface area (Å²) in [6.45, 7) is 13.1. The lowest BCUT2D eigenvalue weighted by Gasteiger charge is -2.38. The molecule has 0 amide bonds. The molecule has 0 spiro atoms. The van der Waals surface area contributed by atoms with Crippen LogP contribution in [0.25, 0.3) is 0 Å². The first-order valence-electron chi connectivity index (χ1n) is 11.2. The minimum Gasteiger partial charge on any atom is -0.363 e. The fourth-order valence-electron chi connectivity index (χ4n) is 5.02. The van der Waals surface area contributed by atoms with Gasteiger partial charge in [-0.3, -0.25) is 4.79 Å². The Bertz CT molecular complexity index is 846. The normalized spacial score (nSPS) is 18.2. The highest BCUT2D eigenvalue weighted by atomic mass is 16.1. The lowest BCUT2D eigenvalue weighted by atomic mass is 9.73. The van der Waals surface area contributed by atoms with Crippen LogP contribution in [0.3, 0.4) is 0 Å². The van der Waals surface area contributed by atoms with Gasteiger partial charge in [-0.2, -0.15) is 5.10 Å². The monoisotopic (exact) mass is 395 g/mol. The second kappa shape index (κ2) is 8.33. The van der Waals surface area contributed by atoms with Crippen molar-refractivity contribution < 1.29 is 4.79 Å². The summed E-state index contributed by atoms with van der Waals surface area (Å²) >= 11 is 0. The second-order valence-corrected chi connectivity index (χ2v) is 9.40. The number of hydrogen-bond acceptors (Lipinski definition) is 3. The van der Waals surface area contributed by atoms with E-state index in [0.717, 1.165) is 49.2 Å². The average molecular weight is 396 g/mol. The summed E-state index contributed by atoms with van der Waals surface area (Å²) in [5.74, 6) is 1.13. The maximum atomic E-state index is 13.6. The van der Waals surface area contributed by atoms with E-state index in [0.29, 0.717) is 6.42 Å². The predicted molar refractivity (Wildman–Crippen MR) is 121 cm³/mol. The third kappa shape index (κ3) is 4.12. The number of rotatable bonds is 8. The highest BCUT2D eigenvalue weighted by molar-refractivity contribution is 6.02. The van der Waals surface area contributed by atoms with Crippen LogP contribution in [0.2, 0.25) is 0 Å². The third-order valence-electron chi connectivity index (χ3n) is 6.95. The summed E-state index contributed by atoms with van der Waals surface area (Å²) in [4.78, 5) is 13.6. The predicted octanol–water partition coefficient (Wildman–Crippen LogP) is 6.66. The molecule has 3 rings (SSSR count). The van der Waals surface area contributed by atoms with Crippen molar-refractivity contribution >= 4 is 11.6 Å². The Balaban J connectivity index is 1.99. The van der Waals surface area contributed by atoms with Crippen LogP contribution >= 0.6 is 0 Å². The molecule has 0 saturated carbocycles. The summed E-state index contributed by atoms with van der Waals surface area (Å²) in [7, 11) is 0. The molecule has 4 heteroatoms. The molecule has 0 aliphatic carbocycles. The summed E-state index contributed by atoms with van der Waals surface area (Å²) < 4.78 is 2.05. The van der Waals surface area contributed by atoms with Crippen molar-refractivity contribution in [3.63, 3.8) is 0 Å². The van der Waals surface area contributed by atoms with Crippen LogP contribution in [0, 0.1) is 12.3 Å². The van der Waals surface area contributed by atoms with E-state index in [1.165, 1.54) is 5.56 Å². The van der Waals surface area contributed by atoms with Crippen LogP contribution in [0.5, 0.6) is 0 Å². The van der Waals surface area contributed by atoms with E-state index in [-0.39, 0.29) is 22.8 Å². The van der Waals surface area contributed by atoms with E-state index in [2.05, 4.69) is 64.2 Å². The van der Waals surface area contributed by atoms with Crippen LogP contribution in [0.4, 0.5) is 5.82 Å². The van der Waals surface area contributed by atoms with Gasteiger partial charge in [-0.1, -0.05) is 70.4 Å².